The van der Waals surface area contributed by atoms with Crippen LogP contribution in [0.2, 0.25) is 0 Å². The number of aromatic nitrogens is 3. The number of amides is 1. The molecule has 0 saturated carbocycles. The van der Waals surface area contributed by atoms with E-state index in [-0.39, 0.29) is 17.0 Å². The average Bonchev–Trinajstić information content (AvgIpc) is 3.28. The third kappa shape index (κ3) is 5.64. The lowest BCUT2D eigenvalue weighted by atomic mass is 10.1. The molecule has 0 aliphatic rings. The molecule has 2 aromatic carbocycles. The van der Waals surface area contributed by atoms with E-state index in [1.54, 1.807) is 43.5 Å². The Morgan fingerprint density at radius 2 is 1.82 bits per heavy atom. The largest absolute Gasteiger partial charge is 0.456 e. The Hall–Kier alpha value is -3.93. The van der Waals surface area contributed by atoms with Crippen molar-refractivity contribution in [1.29, 1.82) is 0 Å². The maximum atomic E-state index is 13.2. The SMILES string of the molecule is Cc1cc(CC(=O)Nc2cnn(C(C)(C)C(F)(F)F)c2)ccc1Oc1ccnc2ccc(S(C)(=O)=O)cc12. The lowest BCUT2D eigenvalue weighted by molar-refractivity contribution is -0.205. The van der Waals surface area contributed by atoms with Crippen LogP contribution in [0.25, 0.3) is 10.9 Å². The van der Waals surface area contributed by atoms with Gasteiger partial charge in [-0.2, -0.15) is 18.3 Å². The molecule has 0 aliphatic carbocycles. The highest BCUT2D eigenvalue weighted by Crippen LogP contribution is 2.36. The lowest BCUT2D eigenvalue weighted by Crippen LogP contribution is -2.42. The molecule has 0 fully saturated rings. The molecule has 0 spiro atoms. The highest BCUT2D eigenvalue weighted by atomic mass is 32.2. The molecule has 2 aromatic heterocycles. The smallest absolute Gasteiger partial charge is 0.413 e. The predicted molar refractivity (Wildman–Crippen MR) is 136 cm³/mol. The fourth-order valence-corrected chi connectivity index (χ4v) is 4.33. The van der Waals surface area contributed by atoms with Gasteiger partial charge in [-0.05, 0) is 62.2 Å². The molecule has 38 heavy (non-hydrogen) atoms. The first-order valence-corrected chi connectivity index (χ1v) is 13.3. The van der Waals surface area contributed by atoms with E-state index < -0.39 is 27.5 Å². The van der Waals surface area contributed by atoms with E-state index in [0.29, 0.717) is 28.0 Å². The third-order valence-corrected chi connectivity index (χ3v) is 7.17. The summed E-state index contributed by atoms with van der Waals surface area (Å²) in [5, 5.41) is 6.85. The molecule has 0 atom stereocenters. The summed E-state index contributed by atoms with van der Waals surface area (Å²) < 4.78 is 70.5. The highest BCUT2D eigenvalue weighted by molar-refractivity contribution is 7.90. The maximum Gasteiger partial charge on any atom is 0.413 e. The topological polar surface area (TPSA) is 103 Å². The average molecular weight is 547 g/mol. The zero-order valence-corrected chi connectivity index (χ0v) is 21.8. The summed E-state index contributed by atoms with van der Waals surface area (Å²) in [6.45, 7) is 3.79. The van der Waals surface area contributed by atoms with Crippen LogP contribution in [0, 0.1) is 6.92 Å². The first-order chi connectivity index (χ1) is 17.6. The number of carbonyl (C=O) groups is 1. The molecular weight excluding hydrogens is 521 g/mol. The van der Waals surface area contributed by atoms with Gasteiger partial charge < -0.3 is 10.1 Å². The number of fused-ring (bicyclic) bond motifs is 1. The van der Waals surface area contributed by atoms with E-state index in [4.69, 9.17) is 4.74 Å². The molecule has 0 unspecified atom stereocenters. The predicted octanol–water partition coefficient (Wildman–Crippen LogP) is 5.41. The fraction of sp³-hybridized carbons (Fsp3) is 0.269. The Morgan fingerprint density at radius 3 is 2.47 bits per heavy atom. The van der Waals surface area contributed by atoms with E-state index in [9.17, 15) is 26.4 Å². The van der Waals surface area contributed by atoms with Gasteiger partial charge in [0.2, 0.25) is 5.91 Å². The fourth-order valence-electron chi connectivity index (χ4n) is 3.69. The maximum absolute atomic E-state index is 13.2. The number of benzene rings is 2. The summed E-state index contributed by atoms with van der Waals surface area (Å²) >= 11 is 0. The summed E-state index contributed by atoms with van der Waals surface area (Å²) in [6, 6.07) is 11.4. The Balaban J connectivity index is 1.48. The van der Waals surface area contributed by atoms with Gasteiger partial charge in [0, 0.05) is 24.0 Å². The molecule has 0 saturated heterocycles. The van der Waals surface area contributed by atoms with Crippen LogP contribution in [0.4, 0.5) is 18.9 Å². The molecule has 2 heterocycles. The van der Waals surface area contributed by atoms with Crippen molar-refractivity contribution in [3.63, 3.8) is 0 Å². The van der Waals surface area contributed by atoms with Crippen LogP contribution in [0.1, 0.15) is 25.0 Å². The molecule has 200 valence electrons. The Labute approximate surface area is 217 Å². The van der Waals surface area contributed by atoms with E-state index in [1.165, 1.54) is 18.3 Å². The van der Waals surface area contributed by atoms with Gasteiger partial charge in [-0.15, -0.1) is 0 Å². The van der Waals surface area contributed by atoms with Gasteiger partial charge in [0.25, 0.3) is 0 Å². The van der Waals surface area contributed by atoms with Gasteiger partial charge >= 0.3 is 6.18 Å². The number of aryl methyl sites for hydroxylation is 1. The summed E-state index contributed by atoms with van der Waals surface area (Å²) in [4.78, 5) is 16.9. The van der Waals surface area contributed by atoms with Gasteiger partial charge in [-0.1, -0.05) is 12.1 Å². The van der Waals surface area contributed by atoms with Crippen LogP contribution in [0.15, 0.2) is 66.0 Å². The number of alkyl halides is 3. The van der Waals surface area contributed by atoms with E-state index in [1.807, 2.05) is 0 Å². The minimum Gasteiger partial charge on any atom is -0.456 e. The van der Waals surface area contributed by atoms with Crippen molar-refractivity contribution in [2.24, 2.45) is 0 Å². The Kier molecular flexibility index (Phi) is 6.96. The molecule has 0 bridgehead atoms. The minimum absolute atomic E-state index is 0.0229. The van der Waals surface area contributed by atoms with Crippen LogP contribution < -0.4 is 10.1 Å². The van der Waals surface area contributed by atoms with Crippen LogP contribution in [-0.4, -0.2) is 41.5 Å². The van der Waals surface area contributed by atoms with Crippen LogP contribution >= 0.6 is 0 Å². The van der Waals surface area contributed by atoms with Crippen molar-refractivity contribution in [2.75, 3.05) is 11.6 Å². The molecule has 0 radical (unpaired) electrons. The highest BCUT2D eigenvalue weighted by Gasteiger charge is 2.49. The number of nitrogens with zero attached hydrogens (tertiary/aromatic N) is 3. The van der Waals surface area contributed by atoms with Crippen LogP contribution in [-0.2, 0) is 26.6 Å². The summed E-state index contributed by atoms with van der Waals surface area (Å²) in [5.74, 6) is 0.505. The molecule has 1 N–H and O–H groups in total. The molecule has 4 aromatic rings. The molecule has 1 amide bonds. The number of sulfone groups is 1. The Bertz CT molecular complexity index is 1630. The lowest BCUT2D eigenvalue weighted by Gasteiger charge is -2.27. The zero-order valence-electron chi connectivity index (χ0n) is 21.0. The first kappa shape index (κ1) is 27.1. The summed E-state index contributed by atoms with van der Waals surface area (Å²) in [7, 11) is -3.42. The second-order valence-electron chi connectivity index (χ2n) is 9.42. The third-order valence-electron chi connectivity index (χ3n) is 6.06. The Morgan fingerprint density at radius 1 is 1.08 bits per heavy atom. The number of carbonyl (C=O) groups excluding carboxylic acids is 1. The minimum atomic E-state index is -4.51. The van der Waals surface area contributed by atoms with Crippen molar-refractivity contribution < 1.29 is 31.1 Å². The van der Waals surface area contributed by atoms with Crippen molar-refractivity contribution in [2.45, 2.75) is 43.8 Å². The number of halogens is 3. The van der Waals surface area contributed by atoms with E-state index >= 15 is 0 Å². The van der Waals surface area contributed by atoms with E-state index in [2.05, 4.69) is 15.4 Å². The van der Waals surface area contributed by atoms with Gasteiger partial charge in [-0.3, -0.25) is 14.5 Å². The molecule has 12 heteroatoms. The number of pyridine rings is 1. The van der Waals surface area contributed by atoms with Gasteiger partial charge in [0.05, 0.1) is 28.7 Å². The monoisotopic (exact) mass is 546 g/mol. The number of ether oxygens (including phenoxy) is 1. The van der Waals surface area contributed by atoms with Gasteiger partial charge in [0.15, 0.2) is 15.4 Å². The van der Waals surface area contributed by atoms with Crippen LogP contribution in [0.3, 0.4) is 0 Å². The number of hydrogen-bond acceptors (Lipinski definition) is 6. The van der Waals surface area contributed by atoms with Crippen molar-refractivity contribution >= 4 is 32.3 Å². The van der Waals surface area contributed by atoms with Gasteiger partial charge in [-0.25, -0.2) is 8.42 Å². The normalized spacial score (nSPS) is 12.5. The second kappa shape index (κ2) is 9.75. The number of anilines is 1. The number of nitrogens with one attached hydrogen (secondary N) is 1. The summed E-state index contributed by atoms with van der Waals surface area (Å²) in [6.07, 6.45) is 0.456. The van der Waals surface area contributed by atoms with Gasteiger partial charge in [0.1, 0.15) is 11.5 Å². The molecule has 4 rings (SSSR count). The second-order valence-corrected chi connectivity index (χ2v) is 11.4. The van der Waals surface area contributed by atoms with Crippen molar-refractivity contribution in [3.05, 3.63) is 72.2 Å². The van der Waals surface area contributed by atoms with Crippen LogP contribution in [0.5, 0.6) is 11.5 Å². The van der Waals surface area contributed by atoms with E-state index in [0.717, 1.165) is 36.5 Å². The quantitative estimate of drug-likeness (QED) is 0.332. The standard InChI is InChI=1S/C26H25F3N4O4S/c1-16-11-17(12-24(34)32-18-14-31-33(15-18)25(2,3)26(27,28)29)5-8-22(16)37-23-9-10-30-21-7-6-19(13-20(21)23)38(4,35)36/h5-11,13-15H,12H2,1-4H3,(H,32,34). The first-order valence-electron chi connectivity index (χ1n) is 11.4. The molecule has 0 aliphatic heterocycles. The summed E-state index contributed by atoms with van der Waals surface area (Å²) in [5.41, 5.74) is -0.117. The van der Waals surface area contributed by atoms with Crippen molar-refractivity contribution in [3.8, 4) is 11.5 Å². The van der Waals surface area contributed by atoms with Crippen molar-refractivity contribution in [1.82, 2.24) is 14.8 Å². The number of rotatable bonds is 7. The zero-order chi connectivity index (χ0) is 27.9. The molecule has 8 nitrogen and oxygen atoms in total. The number of hydrogen-bond donors (Lipinski definition) is 1. The molecular formula is C26H25F3N4O4S.